The lowest BCUT2D eigenvalue weighted by Crippen LogP contribution is -2.60. The standard InChI is InChI=1S/C26H33N5/c1-18-6-8-19(9-7-18)20-10-12-21(13-11-20)28-23-14-15-27-24(30-23)29-22-16-25(2,3)31-26(4,5)17-22/h6-15,22,31H,16-17H2,1-5H3,(H2,27,28,29,30). The fourth-order valence-corrected chi connectivity index (χ4v) is 4.74. The van der Waals surface area contributed by atoms with Crippen molar-refractivity contribution in [1.29, 1.82) is 0 Å². The number of aromatic nitrogens is 2. The maximum atomic E-state index is 4.69. The largest absolute Gasteiger partial charge is 0.351 e. The molecule has 0 aliphatic carbocycles. The Kier molecular flexibility index (Phi) is 5.71. The number of benzene rings is 2. The molecule has 1 fully saturated rings. The summed E-state index contributed by atoms with van der Waals surface area (Å²) in [5.74, 6) is 1.45. The molecule has 0 bridgehead atoms. The Morgan fingerprint density at radius 1 is 0.839 bits per heavy atom. The highest BCUT2D eigenvalue weighted by atomic mass is 15.2. The molecule has 3 aromatic rings. The van der Waals surface area contributed by atoms with Gasteiger partial charge in [0, 0.05) is 29.0 Å². The van der Waals surface area contributed by atoms with Gasteiger partial charge in [-0.2, -0.15) is 4.98 Å². The molecule has 0 unspecified atom stereocenters. The number of nitrogens with zero attached hydrogens (tertiary/aromatic N) is 2. The molecule has 5 heteroatoms. The number of hydrogen-bond acceptors (Lipinski definition) is 5. The summed E-state index contributed by atoms with van der Waals surface area (Å²) >= 11 is 0. The van der Waals surface area contributed by atoms with Crippen LogP contribution in [-0.4, -0.2) is 27.1 Å². The van der Waals surface area contributed by atoms with Gasteiger partial charge in [-0.05, 0) is 76.8 Å². The van der Waals surface area contributed by atoms with E-state index in [0.717, 1.165) is 24.3 Å². The van der Waals surface area contributed by atoms with Crippen molar-refractivity contribution in [1.82, 2.24) is 15.3 Å². The normalized spacial score (nSPS) is 17.8. The Morgan fingerprint density at radius 3 is 2.03 bits per heavy atom. The van der Waals surface area contributed by atoms with Gasteiger partial charge in [0.25, 0.3) is 0 Å². The average Bonchev–Trinajstić information content (AvgIpc) is 2.67. The molecule has 0 radical (unpaired) electrons. The summed E-state index contributed by atoms with van der Waals surface area (Å²) in [7, 11) is 0. The number of aryl methyl sites for hydroxylation is 1. The maximum absolute atomic E-state index is 4.69. The van der Waals surface area contributed by atoms with Gasteiger partial charge < -0.3 is 16.0 Å². The zero-order chi connectivity index (χ0) is 22.1. The van der Waals surface area contributed by atoms with Crippen molar-refractivity contribution in [3.63, 3.8) is 0 Å². The number of nitrogens with one attached hydrogen (secondary N) is 3. The highest BCUT2D eigenvalue weighted by molar-refractivity contribution is 5.68. The van der Waals surface area contributed by atoms with Crippen LogP contribution in [0.25, 0.3) is 11.1 Å². The van der Waals surface area contributed by atoms with E-state index in [2.05, 4.69) is 104 Å². The van der Waals surface area contributed by atoms with Crippen LogP contribution in [0.5, 0.6) is 0 Å². The van der Waals surface area contributed by atoms with Crippen LogP contribution in [0.1, 0.15) is 46.1 Å². The van der Waals surface area contributed by atoms with Crippen molar-refractivity contribution >= 4 is 17.5 Å². The molecule has 5 nitrogen and oxygen atoms in total. The fourth-order valence-electron chi connectivity index (χ4n) is 4.74. The maximum Gasteiger partial charge on any atom is 0.224 e. The summed E-state index contributed by atoms with van der Waals surface area (Å²) in [6.07, 6.45) is 3.85. The molecular weight excluding hydrogens is 382 g/mol. The van der Waals surface area contributed by atoms with Crippen molar-refractivity contribution in [3.05, 3.63) is 66.4 Å². The lowest BCUT2D eigenvalue weighted by molar-refractivity contribution is 0.170. The van der Waals surface area contributed by atoms with E-state index in [9.17, 15) is 0 Å². The molecule has 1 aromatic heterocycles. The van der Waals surface area contributed by atoms with Crippen LogP contribution < -0.4 is 16.0 Å². The van der Waals surface area contributed by atoms with Gasteiger partial charge in [0.05, 0.1) is 0 Å². The van der Waals surface area contributed by atoms with E-state index in [1.165, 1.54) is 16.7 Å². The van der Waals surface area contributed by atoms with Crippen LogP contribution >= 0.6 is 0 Å². The van der Waals surface area contributed by atoms with Gasteiger partial charge in [-0.1, -0.05) is 42.0 Å². The third kappa shape index (κ3) is 5.61. The minimum atomic E-state index is 0.0779. The van der Waals surface area contributed by atoms with Gasteiger partial charge in [-0.25, -0.2) is 4.98 Å². The predicted octanol–water partition coefficient (Wildman–Crippen LogP) is 5.92. The third-order valence-corrected chi connectivity index (χ3v) is 5.72. The molecule has 0 spiro atoms. The van der Waals surface area contributed by atoms with Crippen molar-refractivity contribution in [2.45, 2.75) is 64.6 Å². The topological polar surface area (TPSA) is 61.9 Å². The molecular formula is C26H33N5. The molecule has 0 amide bonds. The summed E-state index contributed by atoms with van der Waals surface area (Å²) in [4.78, 5) is 9.14. The van der Waals surface area contributed by atoms with Crippen molar-refractivity contribution < 1.29 is 0 Å². The van der Waals surface area contributed by atoms with E-state index in [0.29, 0.717) is 12.0 Å². The molecule has 162 valence electrons. The second-order valence-corrected chi connectivity index (χ2v) is 9.98. The Bertz CT molecular complexity index is 1010. The van der Waals surface area contributed by atoms with Gasteiger partial charge in [0.2, 0.25) is 5.95 Å². The second-order valence-electron chi connectivity index (χ2n) is 9.98. The molecule has 31 heavy (non-hydrogen) atoms. The molecule has 1 saturated heterocycles. The van der Waals surface area contributed by atoms with E-state index < -0.39 is 0 Å². The monoisotopic (exact) mass is 415 g/mol. The van der Waals surface area contributed by atoms with Crippen molar-refractivity contribution in [2.75, 3.05) is 10.6 Å². The van der Waals surface area contributed by atoms with Gasteiger partial charge in [0.1, 0.15) is 5.82 Å². The molecule has 0 atom stereocenters. The van der Waals surface area contributed by atoms with Crippen molar-refractivity contribution in [3.8, 4) is 11.1 Å². The Labute approximate surface area is 185 Å². The number of rotatable bonds is 5. The van der Waals surface area contributed by atoms with Crippen molar-refractivity contribution in [2.24, 2.45) is 0 Å². The first-order valence-electron chi connectivity index (χ1n) is 11.0. The van der Waals surface area contributed by atoms with Crippen LogP contribution in [0.2, 0.25) is 0 Å². The highest BCUT2D eigenvalue weighted by Gasteiger charge is 2.37. The SMILES string of the molecule is Cc1ccc(-c2ccc(Nc3ccnc(NC4CC(C)(C)NC(C)(C)C4)n3)cc2)cc1. The summed E-state index contributed by atoms with van der Waals surface area (Å²) < 4.78 is 0. The Morgan fingerprint density at radius 2 is 1.42 bits per heavy atom. The number of piperidine rings is 1. The molecule has 0 saturated carbocycles. The average molecular weight is 416 g/mol. The highest BCUT2D eigenvalue weighted by Crippen LogP contribution is 2.30. The van der Waals surface area contributed by atoms with E-state index in [-0.39, 0.29) is 11.1 Å². The number of anilines is 3. The van der Waals surface area contributed by atoms with Crippen LogP contribution in [0.4, 0.5) is 17.5 Å². The van der Waals surface area contributed by atoms with E-state index in [4.69, 9.17) is 4.98 Å². The zero-order valence-corrected chi connectivity index (χ0v) is 19.2. The molecule has 4 rings (SSSR count). The zero-order valence-electron chi connectivity index (χ0n) is 19.2. The lowest BCUT2D eigenvalue weighted by Gasteiger charge is -2.46. The lowest BCUT2D eigenvalue weighted by atomic mass is 9.80. The predicted molar refractivity (Wildman–Crippen MR) is 130 cm³/mol. The smallest absolute Gasteiger partial charge is 0.224 e. The molecule has 2 heterocycles. The molecule has 2 aromatic carbocycles. The van der Waals surface area contributed by atoms with Crippen LogP contribution in [0, 0.1) is 6.92 Å². The molecule has 1 aliphatic heterocycles. The van der Waals surface area contributed by atoms with Gasteiger partial charge in [-0.3, -0.25) is 0 Å². The first-order valence-corrected chi connectivity index (χ1v) is 11.0. The molecule has 3 N–H and O–H groups in total. The van der Waals surface area contributed by atoms with Crippen LogP contribution in [0.3, 0.4) is 0 Å². The van der Waals surface area contributed by atoms with E-state index in [1.807, 2.05) is 6.07 Å². The fraction of sp³-hybridized carbons (Fsp3) is 0.385. The Balaban J connectivity index is 1.43. The summed E-state index contributed by atoms with van der Waals surface area (Å²) in [6, 6.07) is 19.3. The Hall–Kier alpha value is -2.92. The number of hydrogen-bond donors (Lipinski definition) is 3. The van der Waals surface area contributed by atoms with Crippen LogP contribution in [0.15, 0.2) is 60.8 Å². The van der Waals surface area contributed by atoms with E-state index in [1.54, 1.807) is 6.20 Å². The third-order valence-electron chi connectivity index (χ3n) is 5.72. The molecule has 1 aliphatic rings. The van der Waals surface area contributed by atoms with Crippen LogP contribution in [-0.2, 0) is 0 Å². The van der Waals surface area contributed by atoms with Gasteiger partial charge >= 0.3 is 0 Å². The minimum Gasteiger partial charge on any atom is -0.351 e. The van der Waals surface area contributed by atoms with Gasteiger partial charge in [-0.15, -0.1) is 0 Å². The summed E-state index contributed by atoms with van der Waals surface area (Å²) in [6.45, 7) is 11.1. The van der Waals surface area contributed by atoms with E-state index >= 15 is 0 Å². The van der Waals surface area contributed by atoms with Gasteiger partial charge in [0.15, 0.2) is 0 Å². The minimum absolute atomic E-state index is 0.0779. The summed E-state index contributed by atoms with van der Waals surface area (Å²) in [5, 5.41) is 10.7. The second kappa shape index (κ2) is 8.31. The summed E-state index contributed by atoms with van der Waals surface area (Å²) in [5.41, 5.74) is 4.85. The quantitative estimate of drug-likeness (QED) is 0.483. The first kappa shape index (κ1) is 21.3. The first-order chi connectivity index (χ1) is 14.7.